The van der Waals surface area contributed by atoms with Gasteiger partial charge in [-0.1, -0.05) is 84.9 Å². The Hall–Kier alpha value is -5.33. The van der Waals surface area contributed by atoms with E-state index in [0.29, 0.717) is 22.7 Å². The van der Waals surface area contributed by atoms with Crippen LogP contribution in [0.4, 0.5) is 11.4 Å². The zero-order chi connectivity index (χ0) is 29.4. The van der Waals surface area contributed by atoms with E-state index in [1.807, 2.05) is 152 Å². The first kappa shape index (κ1) is 27.8. The van der Waals surface area contributed by atoms with Gasteiger partial charge >= 0.3 is 0 Å². The molecule has 0 fully saturated rings. The van der Waals surface area contributed by atoms with Crippen molar-refractivity contribution in [1.82, 2.24) is 0 Å². The maximum atomic E-state index is 13.6. The summed E-state index contributed by atoms with van der Waals surface area (Å²) in [6.07, 6.45) is 0. The molecule has 0 aromatic heterocycles. The predicted octanol–water partition coefficient (Wildman–Crippen LogP) is 9.36. The second-order valence-corrected chi connectivity index (χ2v) is 11.1. The van der Waals surface area contributed by atoms with Gasteiger partial charge in [-0.25, -0.2) is 0 Å². The number of benzene rings is 6. The molecule has 0 aliphatic carbocycles. The number of thioether (sulfide) groups is 1. The van der Waals surface area contributed by atoms with Crippen LogP contribution in [0.5, 0.6) is 11.5 Å². The SMILES string of the molecule is O=C(Nc1cccc(SC(C(=O)Nc2ccc(Oc3ccccc3)cc2)c2ccccc2)c1)c1ccc2ccccc2c1. The number of nitrogens with one attached hydrogen (secondary N) is 2. The molecule has 0 saturated heterocycles. The normalized spacial score (nSPS) is 11.4. The van der Waals surface area contributed by atoms with Gasteiger partial charge in [0.2, 0.25) is 5.91 Å². The van der Waals surface area contributed by atoms with E-state index in [1.54, 1.807) is 0 Å². The summed E-state index contributed by atoms with van der Waals surface area (Å²) in [4.78, 5) is 27.5. The van der Waals surface area contributed by atoms with Crippen LogP contribution in [-0.2, 0) is 4.79 Å². The minimum atomic E-state index is -0.520. The molecule has 0 aliphatic heterocycles. The van der Waals surface area contributed by atoms with Crippen molar-refractivity contribution in [3.05, 3.63) is 163 Å². The smallest absolute Gasteiger partial charge is 0.255 e. The number of fused-ring (bicyclic) bond motifs is 1. The molecule has 2 N–H and O–H groups in total. The van der Waals surface area contributed by atoms with Crippen molar-refractivity contribution in [2.24, 2.45) is 0 Å². The van der Waals surface area contributed by atoms with Gasteiger partial charge < -0.3 is 15.4 Å². The fraction of sp³-hybridized carbons (Fsp3) is 0.0270. The Kier molecular flexibility index (Phi) is 8.48. The number of para-hydroxylation sites is 1. The fourth-order valence-electron chi connectivity index (χ4n) is 4.66. The van der Waals surface area contributed by atoms with Crippen molar-refractivity contribution in [2.75, 3.05) is 10.6 Å². The summed E-state index contributed by atoms with van der Waals surface area (Å²) >= 11 is 1.42. The van der Waals surface area contributed by atoms with E-state index >= 15 is 0 Å². The lowest BCUT2D eigenvalue weighted by Gasteiger charge is -2.18. The lowest BCUT2D eigenvalue weighted by atomic mass is 10.1. The zero-order valence-corrected chi connectivity index (χ0v) is 24.0. The summed E-state index contributed by atoms with van der Waals surface area (Å²) in [6, 6.07) is 47.7. The number of rotatable bonds is 9. The summed E-state index contributed by atoms with van der Waals surface area (Å²) in [5.74, 6) is 1.08. The van der Waals surface area contributed by atoms with E-state index in [4.69, 9.17) is 4.74 Å². The summed E-state index contributed by atoms with van der Waals surface area (Å²) in [7, 11) is 0. The van der Waals surface area contributed by atoms with Crippen LogP contribution in [0.2, 0.25) is 0 Å². The number of hydrogen-bond acceptors (Lipinski definition) is 4. The number of carbonyl (C=O) groups is 2. The number of anilines is 2. The molecule has 43 heavy (non-hydrogen) atoms. The maximum Gasteiger partial charge on any atom is 0.255 e. The third kappa shape index (κ3) is 7.12. The summed E-state index contributed by atoms with van der Waals surface area (Å²) in [5, 5.41) is 7.62. The molecule has 0 spiro atoms. The molecule has 210 valence electrons. The van der Waals surface area contributed by atoms with Crippen molar-refractivity contribution in [3.63, 3.8) is 0 Å². The molecule has 6 aromatic carbocycles. The standard InChI is InChI=1S/C37H28N2O3S/c40-36(29-19-18-26-10-7-8-13-28(26)24-29)39-31-14-9-17-34(25-31)43-35(27-11-3-1-4-12-27)37(41)38-30-20-22-33(23-21-30)42-32-15-5-2-6-16-32/h1-25,35H,(H,38,41)(H,39,40). The minimum Gasteiger partial charge on any atom is -0.457 e. The van der Waals surface area contributed by atoms with Gasteiger partial charge in [-0.2, -0.15) is 0 Å². The highest BCUT2D eigenvalue weighted by Gasteiger charge is 2.22. The molecule has 0 radical (unpaired) electrons. The molecule has 0 aliphatic rings. The molecule has 0 heterocycles. The van der Waals surface area contributed by atoms with Crippen molar-refractivity contribution in [1.29, 1.82) is 0 Å². The maximum absolute atomic E-state index is 13.6. The van der Waals surface area contributed by atoms with Crippen LogP contribution in [0.15, 0.2) is 157 Å². The Morgan fingerprint density at radius 1 is 0.558 bits per heavy atom. The van der Waals surface area contributed by atoms with E-state index in [-0.39, 0.29) is 11.8 Å². The molecule has 6 rings (SSSR count). The van der Waals surface area contributed by atoms with Crippen molar-refractivity contribution in [2.45, 2.75) is 10.1 Å². The highest BCUT2D eigenvalue weighted by molar-refractivity contribution is 8.00. The predicted molar refractivity (Wildman–Crippen MR) is 175 cm³/mol. The van der Waals surface area contributed by atoms with E-state index in [9.17, 15) is 9.59 Å². The number of hydrogen-bond donors (Lipinski definition) is 2. The van der Waals surface area contributed by atoms with Crippen LogP contribution >= 0.6 is 11.8 Å². The number of amides is 2. The Bertz CT molecular complexity index is 1860. The van der Waals surface area contributed by atoms with Gasteiger partial charge in [0, 0.05) is 21.8 Å². The quantitative estimate of drug-likeness (QED) is 0.167. The van der Waals surface area contributed by atoms with E-state index < -0.39 is 5.25 Å². The lowest BCUT2D eigenvalue weighted by Crippen LogP contribution is -2.19. The highest BCUT2D eigenvalue weighted by Crippen LogP contribution is 2.37. The average molecular weight is 581 g/mol. The molecule has 2 amide bonds. The average Bonchev–Trinajstić information content (AvgIpc) is 3.05. The largest absolute Gasteiger partial charge is 0.457 e. The summed E-state index contributed by atoms with van der Waals surface area (Å²) in [6.45, 7) is 0. The molecule has 0 saturated carbocycles. The second-order valence-electron chi connectivity index (χ2n) is 9.88. The van der Waals surface area contributed by atoms with Gasteiger partial charge in [0.1, 0.15) is 16.7 Å². The Morgan fingerprint density at radius 3 is 2.00 bits per heavy atom. The van der Waals surface area contributed by atoms with E-state index in [2.05, 4.69) is 10.6 Å². The monoisotopic (exact) mass is 580 g/mol. The lowest BCUT2D eigenvalue weighted by molar-refractivity contribution is -0.115. The first-order valence-corrected chi connectivity index (χ1v) is 14.7. The van der Waals surface area contributed by atoms with Gasteiger partial charge in [0.25, 0.3) is 5.91 Å². The summed E-state index contributed by atoms with van der Waals surface area (Å²) < 4.78 is 5.87. The van der Waals surface area contributed by atoms with Crippen LogP contribution in [-0.4, -0.2) is 11.8 Å². The van der Waals surface area contributed by atoms with Crippen molar-refractivity contribution >= 4 is 45.7 Å². The second kappa shape index (κ2) is 13.1. The van der Waals surface area contributed by atoms with Gasteiger partial charge in [0.15, 0.2) is 0 Å². The number of carbonyl (C=O) groups excluding carboxylic acids is 2. The minimum absolute atomic E-state index is 0.154. The topological polar surface area (TPSA) is 67.4 Å². The molecule has 6 heteroatoms. The summed E-state index contributed by atoms with van der Waals surface area (Å²) in [5.41, 5.74) is 2.78. The van der Waals surface area contributed by atoms with E-state index in [0.717, 1.165) is 27.0 Å². The van der Waals surface area contributed by atoms with Crippen molar-refractivity contribution < 1.29 is 14.3 Å². The zero-order valence-electron chi connectivity index (χ0n) is 23.1. The van der Waals surface area contributed by atoms with Crippen LogP contribution in [0.1, 0.15) is 21.2 Å². The number of ether oxygens (including phenoxy) is 1. The fourth-order valence-corrected chi connectivity index (χ4v) is 5.74. The van der Waals surface area contributed by atoms with Gasteiger partial charge in [0.05, 0.1) is 0 Å². The first-order chi connectivity index (χ1) is 21.1. The molecular formula is C37H28N2O3S. The van der Waals surface area contributed by atoms with Crippen LogP contribution in [0.25, 0.3) is 10.8 Å². The third-order valence-corrected chi connectivity index (χ3v) is 8.05. The molecule has 0 bridgehead atoms. The van der Waals surface area contributed by atoms with Crippen LogP contribution in [0.3, 0.4) is 0 Å². The molecule has 1 atom stereocenters. The molecule has 6 aromatic rings. The van der Waals surface area contributed by atoms with Gasteiger partial charge in [-0.05, 0) is 83.1 Å². The Labute approximate surface area is 254 Å². The van der Waals surface area contributed by atoms with E-state index in [1.165, 1.54) is 11.8 Å². The van der Waals surface area contributed by atoms with Crippen molar-refractivity contribution in [3.8, 4) is 11.5 Å². The third-order valence-electron chi connectivity index (χ3n) is 6.80. The Morgan fingerprint density at radius 2 is 1.23 bits per heavy atom. The molecule has 5 nitrogen and oxygen atoms in total. The van der Waals surface area contributed by atoms with Crippen LogP contribution in [0, 0.1) is 0 Å². The highest BCUT2D eigenvalue weighted by atomic mass is 32.2. The Balaban J connectivity index is 1.16. The first-order valence-electron chi connectivity index (χ1n) is 13.9. The van der Waals surface area contributed by atoms with Crippen LogP contribution < -0.4 is 15.4 Å². The van der Waals surface area contributed by atoms with Gasteiger partial charge in [-0.3, -0.25) is 9.59 Å². The molecule has 1 unspecified atom stereocenters. The van der Waals surface area contributed by atoms with Gasteiger partial charge in [-0.15, -0.1) is 11.8 Å². The molecular weight excluding hydrogens is 552 g/mol.